The fourth-order valence-corrected chi connectivity index (χ4v) is 5.43. The Labute approximate surface area is 172 Å². The van der Waals surface area contributed by atoms with Crippen LogP contribution in [-0.4, -0.2) is 61.8 Å². The number of carbonyl (C=O) groups is 2. The van der Waals surface area contributed by atoms with Crippen molar-refractivity contribution in [2.75, 3.05) is 24.7 Å². The fourth-order valence-electron chi connectivity index (χ4n) is 3.45. The zero-order chi connectivity index (χ0) is 20.6. The largest absolute Gasteiger partial charge is 0.486 e. The molecule has 1 atom stereocenters. The second-order valence-electron chi connectivity index (χ2n) is 7.02. The highest BCUT2D eigenvalue weighted by Gasteiger charge is 2.37. The topological polar surface area (TPSA) is 112 Å². The van der Waals surface area contributed by atoms with Gasteiger partial charge in [0.2, 0.25) is 5.91 Å². The molecule has 0 saturated carbocycles. The van der Waals surface area contributed by atoms with E-state index in [1.807, 2.05) is 0 Å². The van der Waals surface area contributed by atoms with Gasteiger partial charge in [-0.1, -0.05) is 11.6 Å². The van der Waals surface area contributed by atoms with Crippen LogP contribution >= 0.6 is 11.6 Å². The molecule has 3 aliphatic rings. The standard InChI is InChI=1S/C18H19ClN2O7S/c19-13-7-11(8-15-17(13)27-5-4-26-15)9-28-18(23)14-1-2-16(22)21(20-14)12-3-6-29(24,25)10-12/h7-8,12H,1-6,9-10H2/t12-/m0/s1. The van der Waals surface area contributed by atoms with E-state index in [9.17, 15) is 18.0 Å². The minimum absolute atomic E-state index is 0.0155. The molecule has 0 radical (unpaired) electrons. The normalized spacial score (nSPS) is 22.9. The predicted molar refractivity (Wildman–Crippen MR) is 103 cm³/mol. The van der Waals surface area contributed by atoms with Crippen LogP contribution < -0.4 is 9.47 Å². The summed E-state index contributed by atoms with van der Waals surface area (Å²) in [5.41, 5.74) is 0.719. The van der Waals surface area contributed by atoms with E-state index in [2.05, 4.69) is 5.10 Å². The molecule has 0 aliphatic carbocycles. The Balaban J connectivity index is 1.44. The molecule has 11 heteroatoms. The van der Waals surface area contributed by atoms with Gasteiger partial charge in [-0.15, -0.1) is 0 Å². The van der Waals surface area contributed by atoms with E-state index in [1.165, 1.54) is 0 Å². The van der Waals surface area contributed by atoms with Crippen molar-refractivity contribution in [2.45, 2.75) is 31.9 Å². The average molecular weight is 443 g/mol. The highest BCUT2D eigenvalue weighted by atomic mass is 35.5. The van der Waals surface area contributed by atoms with E-state index in [0.29, 0.717) is 41.7 Å². The average Bonchev–Trinajstić information content (AvgIpc) is 3.06. The lowest BCUT2D eigenvalue weighted by Crippen LogP contribution is -2.42. The number of sulfone groups is 1. The third-order valence-corrected chi connectivity index (χ3v) is 6.91. The maximum Gasteiger partial charge on any atom is 0.354 e. The summed E-state index contributed by atoms with van der Waals surface area (Å²) in [7, 11) is -3.18. The molecule has 1 saturated heterocycles. The van der Waals surface area contributed by atoms with E-state index in [4.69, 9.17) is 25.8 Å². The van der Waals surface area contributed by atoms with Gasteiger partial charge in [0.15, 0.2) is 21.3 Å². The number of amides is 1. The highest BCUT2D eigenvalue weighted by Crippen LogP contribution is 2.38. The van der Waals surface area contributed by atoms with E-state index in [1.54, 1.807) is 12.1 Å². The van der Waals surface area contributed by atoms with Gasteiger partial charge in [-0.05, 0) is 24.1 Å². The first-order valence-electron chi connectivity index (χ1n) is 9.17. The second kappa shape index (κ2) is 7.83. The van der Waals surface area contributed by atoms with Crippen LogP contribution in [0.2, 0.25) is 5.02 Å². The molecule has 156 valence electrons. The molecule has 1 fully saturated rings. The van der Waals surface area contributed by atoms with Crippen LogP contribution in [0, 0.1) is 0 Å². The van der Waals surface area contributed by atoms with Crippen LogP contribution in [0.25, 0.3) is 0 Å². The number of hydrogen-bond donors (Lipinski definition) is 0. The Hall–Kier alpha value is -2.33. The molecule has 9 nitrogen and oxygen atoms in total. The van der Waals surface area contributed by atoms with Gasteiger partial charge in [0.05, 0.1) is 22.6 Å². The number of hydrazone groups is 1. The quantitative estimate of drug-likeness (QED) is 0.646. The zero-order valence-corrected chi connectivity index (χ0v) is 17.0. The number of benzene rings is 1. The van der Waals surface area contributed by atoms with Gasteiger partial charge < -0.3 is 14.2 Å². The predicted octanol–water partition coefficient (Wildman–Crippen LogP) is 1.32. The van der Waals surface area contributed by atoms with Gasteiger partial charge >= 0.3 is 5.97 Å². The number of carbonyl (C=O) groups excluding carboxylic acids is 2. The van der Waals surface area contributed by atoms with E-state index in [0.717, 1.165) is 5.01 Å². The second-order valence-corrected chi connectivity index (χ2v) is 9.66. The van der Waals surface area contributed by atoms with Crippen LogP contribution in [0.1, 0.15) is 24.8 Å². The number of esters is 1. The van der Waals surface area contributed by atoms with Gasteiger partial charge in [0.25, 0.3) is 0 Å². The maximum absolute atomic E-state index is 12.4. The smallest absolute Gasteiger partial charge is 0.354 e. The summed E-state index contributed by atoms with van der Waals surface area (Å²) < 4.78 is 39.6. The summed E-state index contributed by atoms with van der Waals surface area (Å²) >= 11 is 6.18. The minimum Gasteiger partial charge on any atom is -0.486 e. The minimum atomic E-state index is -3.18. The number of fused-ring (bicyclic) bond motifs is 1. The summed E-state index contributed by atoms with van der Waals surface area (Å²) in [6.45, 7) is 0.766. The van der Waals surface area contributed by atoms with E-state index >= 15 is 0 Å². The number of hydrogen-bond acceptors (Lipinski definition) is 8. The molecule has 4 rings (SSSR count). The lowest BCUT2D eigenvalue weighted by molar-refractivity contribution is -0.138. The van der Waals surface area contributed by atoms with E-state index < -0.39 is 21.8 Å². The lowest BCUT2D eigenvalue weighted by atomic mass is 10.1. The Morgan fingerprint density at radius 3 is 2.83 bits per heavy atom. The third kappa shape index (κ3) is 4.32. The molecular weight excluding hydrogens is 424 g/mol. The molecule has 0 aromatic heterocycles. The van der Waals surface area contributed by atoms with Gasteiger partial charge in [0.1, 0.15) is 25.5 Å². The summed E-state index contributed by atoms with van der Waals surface area (Å²) in [5.74, 6) is -0.118. The van der Waals surface area contributed by atoms with Crippen LogP contribution in [0.15, 0.2) is 17.2 Å². The fraction of sp³-hybridized carbons (Fsp3) is 0.500. The first-order chi connectivity index (χ1) is 13.8. The van der Waals surface area contributed by atoms with Crippen molar-refractivity contribution in [2.24, 2.45) is 5.10 Å². The molecule has 1 amide bonds. The Kier molecular flexibility index (Phi) is 5.39. The van der Waals surface area contributed by atoms with Crippen LogP contribution in [0.5, 0.6) is 11.5 Å². The summed E-state index contributed by atoms with van der Waals surface area (Å²) in [6, 6.07) is 2.78. The van der Waals surface area contributed by atoms with Crippen molar-refractivity contribution in [3.8, 4) is 11.5 Å². The van der Waals surface area contributed by atoms with Crippen molar-refractivity contribution in [1.29, 1.82) is 0 Å². The Morgan fingerprint density at radius 1 is 1.28 bits per heavy atom. The number of halogens is 1. The van der Waals surface area contributed by atoms with E-state index in [-0.39, 0.29) is 42.6 Å². The van der Waals surface area contributed by atoms with Crippen molar-refractivity contribution in [3.05, 3.63) is 22.7 Å². The lowest BCUT2D eigenvalue weighted by Gasteiger charge is -2.27. The molecule has 3 heterocycles. The third-order valence-electron chi connectivity index (χ3n) is 4.88. The molecule has 0 N–H and O–H groups in total. The van der Waals surface area contributed by atoms with Crippen molar-refractivity contribution in [1.82, 2.24) is 5.01 Å². The Morgan fingerprint density at radius 2 is 2.07 bits per heavy atom. The summed E-state index contributed by atoms with van der Waals surface area (Å²) in [4.78, 5) is 24.6. The van der Waals surface area contributed by atoms with Crippen molar-refractivity contribution >= 4 is 39.0 Å². The molecule has 0 spiro atoms. The zero-order valence-electron chi connectivity index (χ0n) is 15.4. The number of nitrogens with zero attached hydrogens (tertiary/aromatic N) is 2. The first kappa shape index (κ1) is 20.0. The number of ether oxygens (including phenoxy) is 3. The number of rotatable bonds is 4. The van der Waals surface area contributed by atoms with Gasteiger partial charge in [-0.3, -0.25) is 4.79 Å². The SMILES string of the molecule is O=C(OCc1cc(Cl)c2c(c1)OCCO2)C1=NN([C@H]2CCS(=O)(=O)C2)C(=O)CC1. The summed E-state index contributed by atoms with van der Waals surface area (Å²) in [5, 5.41) is 5.60. The van der Waals surface area contributed by atoms with Crippen LogP contribution in [-0.2, 0) is 30.8 Å². The van der Waals surface area contributed by atoms with Gasteiger partial charge in [-0.2, -0.15) is 5.10 Å². The van der Waals surface area contributed by atoms with Crippen molar-refractivity contribution in [3.63, 3.8) is 0 Å². The van der Waals surface area contributed by atoms with Gasteiger partial charge in [0, 0.05) is 12.8 Å². The molecule has 1 aromatic rings. The molecule has 29 heavy (non-hydrogen) atoms. The van der Waals surface area contributed by atoms with Gasteiger partial charge in [-0.25, -0.2) is 18.2 Å². The van der Waals surface area contributed by atoms with Crippen LogP contribution in [0.4, 0.5) is 0 Å². The highest BCUT2D eigenvalue weighted by molar-refractivity contribution is 7.91. The maximum atomic E-state index is 12.4. The summed E-state index contributed by atoms with van der Waals surface area (Å²) in [6.07, 6.45) is 0.547. The van der Waals surface area contributed by atoms with Crippen LogP contribution in [0.3, 0.4) is 0 Å². The Bertz CT molecular complexity index is 992. The molecule has 0 unspecified atom stereocenters. The monoisotopic (exact) mass is 442 g/mol. The first-order valence-corrected chi connectivity index (χ1v) is 11.4. The molecular formula is C18H19ClN2O7S. The van der Waals surface area contributed by atoms with Crippen molar-refractivity contribution < 1.29 is 32.2 Å². The molecule has 0 bridgehead atoms. The molecule has 3 aliphatic heterocycles. The molecule has 1 aromatic carbocycles.